The average Bonchev–Trinajstić information content (AvgIpc) is 3.45. The van der Waals surface area contributed by atoms with Crippen LogP contribution in [-0.4, -0.2) is 63.3 Å². The number of aromatic nitrogens is 5. The number of anilines is 3. The summed E-state index contributed by atoms with van der Waals surface area (Å²) in [6.07, 6.45) is 6.62. The minimum atomic E-state index is 0.0182. The van der Waals surface area contributed by atoms with Crippen LogP contribution in [0.5, 0.6) is 0 Å². The van der Waals surface area contributed by atoms with E-state index in [1.54, 1.807) is 16.9 Å². The third kappa shape index (κ3) is 4.03. The first-order valence-corrected chi connectivity index (χ1v) is 12.0. The number of amides is 1. The molecule has 0 unspecified atom stereocenters. The predicted octanol–water partition coefficient (Wildman–Crippen LogP) is 3.20. The van der Waals surface area contributed by atoms with Crippen LogP contribution in [0.2, 0.25) is 0 Å². The molecule has 5 heterocycles. The standard InChI is InChI=1S/C25H28N8O2/c1-14-8-17(14)25(34)29-21-9-18-19(10-27-21)23(26-3)28-11-20(18)24-30-22-5-4-16(13-33(22)31-24)32-6-7-35-15(2)12-32/h4-5,9-11,13-15,17H,6-8,12H2,1-3H3,(H,26,28)(H,27,29,34)/t14-,15+,17+/m0/s1. The second-order valence-corrected chi connectivity index (χ2v) is 9.45. The Morgan fingerprint density at radius 2 is 2.03 bits per heavy atom. The normalized spacial score (nSPS) is 21.9. The molecule has 0 radical (unpaired) electrons. The van der Waals surface area contributed by atoms with Crippen molar-refractivity contribution in [3.63, 3.8) is 0 Å². The Kier molecular flexibility index (Phi) is 5.25. The highest BCUT2D eigenvalue weighted by atomic mass is 16.5. The van der Waals surface area contributed by atoms with Gasteiger partial charge in [0.15, 0.2) is 11.5 Å². The summed E-state index contributed by atoms with van der Waals surface area (Å²) in [6, 6.07) is 5.93. The fourth-order valence-corrected chi connectivity index (χ4v) is 4.71. The van der Waals surface area contributed by atoms with E-state index >= 15 is 0 Å². The van der Waals surface area contributed by atoms with E-state index in [2.05, 4.69) is 45.4 Å². The molecule has 2 aliphatic rings. The Bertz CT molecular complexity index is 1430. The first-order chi connectivity index (χ1) is 17.0. The van der Waals surface area contributed by atoms with E-state index in [1.165, 1.54) is 0 Å². The van der Waals surface area contributed by atoms with E-state index in [1.807, 2.05) is 25.4 Å². The molecular formula is C25H28N8O2. The van der Waals surface area contributed by atoms with Crippen molar-refractivity contribution >= 4 is 39.6 Å². The molecule has 0 bridgehead atoms. The van der Waals surface area contributed by atoms with Crippen molar-refractivity contribution in [3.8, 4) is 11.4 Å². The molecule has 0 spiro atoms. The molecule has 4 aromatic heterocycles. The van der Waals surface area contributed by atoms with Crippen LogP contribution in [0.3, 0.4) is 0 Å². The van der Waals surface area contributed by atoms with Gasteiger partial charge < -0.3 is 20.3 Å². The predicted molar refractivity (Wildman–Crippen MR) is 135 cm³/mol. The van der Waals surface area contributed by atoms with Crippen molar-refractivity contribution in [2.45, 2.75) is 26.4 Å². The largest absolute Gasteiger partial charge is 0.375 e. The van der Waals surface area contributed by atoms with Crippen LogP contribution in [0.25, 0.3) is 27.8 Å². The topological polar surface area (TPSA) is 110 Å². The summed E-state index contributed by atoms with van der Waals surface area (Å²) < 4.78 is 7.48. The van der Waals surface area contributed by atoms with Crippen molar-refractivity contribution in [1.29, 1.82) is 0 Å². The Hall–Kier alpha value is -3.79. The molecule has 1 aliphatic carbocycles. The Morgan fingerprint density at radius 3 is 2.80 bits per heavy atom. The smallest absolute Gasteiger partial charge is 0.228 e. The van der Waals surface area contributed by atoms with Gasteiger partial charge in [0.25, 0.3) is 0 Å². The van der Waals surface area contributed by atoms with Gasteiger partial charge in [0, 0.05) is 54.8 Å². The van der Waals surface area contributed by atoms with Gasteiger partial charge in [0.1, 0.15) is 11.6 Å². The average molecular weight is 473 g/mol. The lowest BCUT2D eigenvalue weighted by atomic mass is 10.1. The van der Waals surface area contributed by atoms with E-state index in [0.717, 1.165) is 47.2 Å². The van der Waals surface area contributed by atoms with E-state index in [-0.39, 0.29) is 17.9 Å². The SMILES string of the molecule is CNc1ncc(-c2nc3ccc(N4CCO[C@H](C)C4)cn3n2)c2cc(NC(=O)[C@@H]3C[C@@H]3C)ncc12. The number of hydrogen-bond acceptors (Lipinski definition) is 8. The van der Waals surface area contributed by atoms with Gasteiger partial charge in [-0.05, 0) is 37.5 Å². The Labute approximate surface area is 202 Å². The lowest BCUT2D eigenvalue weighted by Gasteiger charge is -2.32. The highest BCUT2D eigenvalue weighted by Crippen LogP contribution is 2.39. The maximum atomic E-state index is 12.5. The van der Waals surface area contributed by atoms with Crippen LogP contribution in [0.1, 0.15) is 20.3 Å². The number of ether oxygens (including phenoxy) is 1. The summed E-state index contributed by atoms with van der Waals surface area (Å²) >= 11 is 0. The summed E-state index contributed by atoms with van der Waals surface area (Å²) in [4.78, 5) is 28.6. The molecule has 35 heavy (non-hydrogen) atoms. The Balaban J connectivity index is 1.39. The van der Waals surface area contributed by atoms with Gasteiger partial charge in [0.2, 0.25) is 5.91 Å². The molecule has 2 N–H and O–H groups in total. The summed E-state index contributed by atoms with van der Waals surface area (Å²) in [6.45, 7) is 6.57. The molecule has 10 nitrogen and oxygen atoms in total. The van der Waals surface area contributed by atoms with Crippen LogP contribution >= 0.6 is 0 Å². The van der Waals surface area contributed by atoms with Gasteiger partial charge in [0.05, 0.1) is 24.6 Å². The van der Waals surface area contributed by atoms with Crippen LogP contribution in [0.15, 0.2) is 36.8 Å². The van der Waals surface area contributed by atoms with E-state index < -0.39 is 0 Å². The zero-order chi connectivity index (χ0) is 24.1. The number of rotatable bonds is 5. The maximum Gasteiger partial charge on any atom is 0.228 e. The molecule has 1 amide bonds. The number of nitrogens with one attached hydrogen (secondary N) is 2. The first kappa shape index (κ1) is 21.7. The zero-order valence-corrected chi connectivity index (χ0v) is 20.0. The lowest BCUT2D eigenvalue weighted by Crippen LogP contribution is -2.41. The van der Waals surface area contributed by atoms with Crippen molar-refractivity contribution in [3.05, 3.63) is 36.8 Å². The van der Waals surface area contributed by atoms with Crippen LogP contribution in [0, 0.1) is 11.8 Å². The molecule has 2 fully saturated rings. The molecule has 1 saturated carbocycles. The number of pyridine rings is 3. The number of morpholine rings is 1. The number of nitrogens with zero attached hydrogens (tertiary/aromatic N) is 6. The van der Waals surface area contributed by atoms with Crippen LogP contribution in [-0.2, 0) is 9.53 Å². The molecule has 4 aromatic rings. The fourth-order valence-electron chi connectivity index (χ4n) is 4.71. The van der Waals surface area contributed by atoms with Gasteiger partial charge in [-0.25, -0.2) is 19.5 Å². The van der Waals surface area contributed by atoms with Crippen LogP contribution in [0.4, 0.5) is 17.3 Å². The van der Waals surface area contributed by atoms with Crippen LogP contribution < -0.4 is 15.5 Å². The molecule has 0 aromatic carbocycles. The molecule has 3 atom stereocenters. The van der Waals surface area contributed by atoms with Gasteiger partial charge >= 0.3 is 0 Å². The second-order valence-electron chi connectivity index (χ2n) is 9.45. The number of carbonyl (C=O) groups excluding carboxylic acids is 1. The highest BCUT2D eigenvalue weighted by Gasteiger charge is 2.39. The summed E-state index contributed by atoms with van der Waals surface area (Å²) in [7, 11) is 1.82. The van der Waals surface area contributed by atoms with Crippen molar-refractivity contribution < 1.29 is 9.53 Å². The lowest BCUT2D eigenvalue weighted by molar-refractivity contribution is -0.117. The summed E-state index contributed by atoms with van der Waals surface area (Å²) in [5, 5.41) is 12.6. The fraction of sp³-hybridized carbons (Fsp3) is 0.400. The van der Waals surface area contributed by atoms with Gasteiger partial charge in [-0.3, -0.25) is 4.79 Å². The summed E-state index contributed by atoms with van der Waals surface area (Å²) in [5.74, 6) is 2.31. The monoisotopic (exact) mass is 472 g/mol. The third-order valence-corrected chi connectivity index (χ3v) is 6.87. The molecule has 1 saturated heterocycles. The van der Waals surface area contributed by atoms with E-state index in [4.69, 9.17) is 14.8 Å². The number of fused-ring (bicyclic) bond motifs is 2. The quantitative estimate of drug-likeness (QED) is 0.456. The Morgan fingerprint density at radius 1 is 1.17 bits per heavy atom. The molecule has 6 rings (SSSR count). The van der Waals surface area contributed by atoms with Crippen molar-refractivity contribution in [2.75, 3.05) is 42.3 Å². The maximum absolute atomic E-state index is 12.5. The van der Waals surface area contributed by atoms with E-state index in [0.29, 0.717) is 30.0 Å². The first-order valence-electron chi connectivity index (χ1n) is 12.0. The van der Waals surface area contributed by atoms with Crippen molar-refractivity contribution in [1.82, 2.24) is 24.6 Å². The minimum Gasteiger partial charge on any atom is -0.375 e. The minimum absolute atomic E-state index is 0.0182. The molecule has 180 valence electrons. The van der Waals surface area contributed by atoms with Crippen molar-refractivity contribution in [2.24, 2.45) is 11.8 Å². The van der Waals surface area contributed by atoms with Gasteiger partial charge in [-0.2, -0.15) is 0 Å². The van der Waals surface area contributed by atoms with E-state index in [9.17, 15) is 4.79 Å². The number of hydrogen-bond donors (Lipinski definition) is 2. The zero-order valence-electron chi connectivity index (χ0n) is 20.0. The molecule has 10 heteroatoms. The van der Waals surface area contributed by atoms with Gasteiger partial charge in [-0.15, -0.1) is 5.10 Å². The molecular weight excluding hydrogens is 444 g/mol. The third-order valence-electron chi connectivity index (χ3n) is 6.87. The highest BCUT2D eigenvalue weighted by molar-refractivity contribution is 6.03. The summed E-state index contributed by atoms with van der Waals surface area (Å²) in [5.41, 5.74) is 2.62. The van der Waals surface area contributed by atoms with Gasteiger partial charge in [-0.1, -0.05) is 6.92 Å². The second kappa shape index (κ2) is 8.46. The number of carbonyl (C=O) groups is 1. The molecule has 1 aliphatic heterocycles.